The van der Waals surface area contributed by atoms with Crippen molar-refractivity contribution in [3.8, 4) is 0 Å². The van der Waals surface area contributed by atoms with Gasteiger partial charge in [0.25, 0.3) is 0 Å². The normalized spacial score (nSPS) is 16.2. The number of benzene rings is 4. The van der Waals surface area contributed by atoms with Gasteiger partial charge in [-0.1, -0.05) is 78.9 Å². The average Bonchev–Trinajstić information content (AvgIpc) is 2.92. The van der Waals surface area contributed by atoms with E-state index in [1.165, 1.54) is 5.56 Å². The summed E-state index contributed by atoms with van der Waals surface area (Å²) >= 11 is 0. The second-order valence-corrected chi connectivity index (χ2v) is 11.3. The molecule has 0 spiro atoms. The monoisotopic (exact) mass is 513 g/mol. The highest BCUT2D eigenvalue weighted by molar-refractivity contribution is 7.89. The van der Waals surface area contributed by atoms with E-state index >= 15 is 0 Å². The van der Waals surface area contributed by atoms with Crippen molar-refractivity contribution in [3.63, 3.8) is 0 Å². The molecule has 0 saturated heterocycles. The molecule has 0 radical (unpaired) electrons. The van der Waals surface area contributed by atoms with E-state index in [2.05, 4.69) is 22.2 Å². The van der Waals surface area contributed by atoms with Crippen LogP contribution >= 0.6 is 0 Å². The van der Waals surface area contributed by atoms with Gasteiger partial charge in [0.1, 0.15) is 0 Å². The van der Waals surface area contributed by atoms with Crippen LogP contribution in [0.2, 0.25) is 0 Å². The van der Waals surface area contributed by atoms with Crippen LogP contribution in [0.15, 0.2) is 95.9 Å². The van der Waals surface area contributed by atoms with Crippen molar-refractivity contribution >= 4 is 26.7 Å². The summed E-state index contributed by atoms with van der Waals surface area (Å²) in [6.45, 7) is 0.487. The highest BCUT2D eigenvalue weighted by Gasteiger charge is 2.27. The molecule has 2 atom stereocenters. The van der Waals surface area contributed by atoms with E-state index in [0.717, 1.165) is 46.7 Å². The average molecular weight is 514 g/mol. The summed E-state index contributed by atoms with van der Waals surface area (Å²) < 4.78 is 29.6. The summed E-state index contributed by atoms with van der Waals surface area (Å²) in [7, 11) is -3.88. The third-order valence-electron chi connectivity index (χ3n) is 7.01. The fourth-order valence-corrected chi connectivity index (χ4v) is 6.35. The molecule has 1 aliphatic carbocycles. The first-order valence-electron chi connectivity index (χ1n) is 12.6. The zero-order valence-corrected chi connectivity index (χ0v) is 21.4. The summed E-state index contributed by atoms with van der Waals surface area (Å²) in [6, 6.07) is 27.3. The zero-order chi connectivity index (χ0) is 25.8. The van der Waals surface area contributed by atoms with Crippen LogP contribution < -0.4 is 15.8 Å². The van der Waals surface area contributed by atoms with Crippen LogP contribution in [0.25, 0.3) is 10.8 Å². The first-order valence-corrected chi connectivity index (χ1v) is 14.1. The second-order valence-electron chi connectivity index (χ2n) is 9.55. The summed E-state index contributed by atoms with van der Waals surface area (Å²) in [4.78, 5) is 13.4. The van der Waals surface area contributed by atoms with E-state index in [0.29, 0.717) is 6.54 Å². The number of carbonyl (C=O) groups excluding carboxylic acids is 1. The summed E-state index contributed by atoms with van der Waals surface area (Å²) in [5, 5.41) is 4.96. The molecule has 1 aliphatic rings. The van der Waals surface area contributed by atoms with E-state index in [1.54, 1.807) is 18.2 Å². The molecule has 190 valence electrons. The predicted molar refractivity (Wildman–Crippen MR) is 146 cm³/mol. The number of hydrogen-bond donors (Lipinski definition) is 3. The summed E-state index contributed by atoms with van der Waals surface area (Å²) in [5.41, 5.74) is 9.95. The molecule has 0 aromatic heterocycles. The van der Waals surface area contributed by atoms with Crippen LogP contribution in [0.1, 0.15) is 53.6 Å². The van der Waals surface area contributed by atoms with E-state index in [9.17, 15) is 13.2 Å². The van der Waals surface area contributed by atoms with E-state index in [1.807, 2.05) is 60.7 Å². The standard InChI is InChI=1S/C30H31N3O3S/c31-20-21-13-16-27-25(17-21)11-6-12-28(27)32-30(34)19-29(23-8-2-1-3-9-23)33-37(35,36)26-15-14-22-7-4-5-10-24(22)18-26/h1-5,7-10,13-18,28-29,33H,6,11-12,19-20,31H2,(H,32,34)/t28?,29-/m1/s1. The minimum Gasteiger partial charge on any atom is -0.349 e. The van der Waals surface area contributed by atoms with Crippen molar-refractivity contribution in [1.29, 1.82) is 0 Å². The van der Waals surface area contributed by atoms with Gasteiger partial charge in [0.2, 0.25) is 15.9 Å². The number of nitrogens with two attached hydrogens (primary N) is 1. The number of nitrogens with one attached hydrogen (secondary N) is 2. The molecule has 0 saturated carbocycles. The maximum absolute atomic E-state index is 13.4. The Morgan fingerprint density at radius 2 is 1.68 bits per heavy atom. The van der Waals surface area contributed by atoms with E-state index < -0.39 is 16.1 Å². The molecular formula is C30H31N3O3S. The Bertz CT molecular complexity index is 1520. The number of carbonyl (C=O) groups is 1. The Morgan fingerprint density at radius 1 is 0.919 bits per heavy atom. The van der Waals surface area contributed by atoms with E-state index in [4.69, 9.17) is 5.73 Å². The van der Waals surface area contributed by atoms with Gasteiger partial charge in [-0.25, -0.2) is 13.1 Å². The number of sulfonamides is 1. The lowest BCUT2D eigenvalue weighted by atomic mass is 9.86. The molecule has 6 nitrogen and oxygen atoms in total. The summed E-state index contributed by atoms with van der Waals surface area (Å²) in [6.07, 6.45) is 2.78. The van der Waals surface area contributed by atoms with Crippen LogP contribution in [-0.2, 0) is 27.8 Å². The van der Waals surface area contributed by atoms with Gasteiger partial charge in [0, 0.05) is 13.0 Å². The quantitative estimate of drug-likeness (QED) is 0.312. The number of aryl methyl sites for hydroxylation is 1. The van der Waals surface area contributed by atoms with Gasteiger partial charge in [-0.3, -0.25) is 4.79 Å². The van der Waals surface area contributed by atoms with Crippen LogP contribution in [0.4, 0.5) is 0 Å². The van der Waals surface area contributed by atoms with Crippen LogP contribution in [0.3, 0.4) is 0 Å². The first-order chi connectivity index (χ1) is 17.9. The van der Waals surface area contributed by atoms with Gasteiger partial charge in [-0.2, -0.15) is 0 Å². The minimum absolute atomic E-state index is 0.0104. The smallest absolute Gasteiger partial charge is 0.241 e. The number of fused-ring (bicyclic) bond motifs is 2. The van der Waals surface area contributed by atoms with Gasteiger partial charge in [-0.15, -0.1) is 0 Å². The zero-order valence-electron chi connectivity index (χ0n) is 20.6. The molecule has 4 aromatic rings. The molecule has 0 aliphatic heterocycles. The topological polar surface area (TPSA) is 101 Å². The predicted octanol–water partition coefficient (Wildman–Crippen LogP) is 4.90. The summed E-state index contributed by atoms with van der Waals surface area (Å²) in [5.74, 6) is -0.198. The van der Waals surface area contributed by atoms with Gasteiger partial charge in [-0.05, 0) is 64.4 Å². The first kappa shape index (κ1) is 25.1. The third kappa shape index (κ3) is 5.74. The number of hydrogen-bond acceptors (Lipinski definition) is 4. The maximum atomic E-state index is 13.4. The minimum atomic E-state index is -3.88. The lowest BCUT2D eigenvalue weighted by molar-refractivity contribution is -0.122. The highest BCUT2D eigenvalue weighted by atomic mass is 32.2. The van der Waals surface area contributed by atoms with Gasteiger partial charge in [0.15, 0.2) is 0 Å². The van der Waals surface area contributed by atoms with Crippen molar-refractivity contribution in [2.75, 3.05) is 0 Å². The molecule has 4 N–H and O–H groups in total. The molecule has 7 heteroatoms. The van der Waals surface area contributed by atoms with Gasteiger partial charge >= 0.3 is 0 Å². The fraction of sp³-hybridized carbons (Fsp3) is 0.233. The van der Waals surface area contributed by atoms with Crippen molar-refractivity contribution in [3.05, 3.63) is 113 Å². The lowest BCUT2D eigenvalue weighted by Crippen LogP contribution is -2.36. The van der Waals surface area contributed by atoms with Crippen molar-refractivity contribution in [2.24, 2.45) is 5.73 Å². The fourth-order valence-electron chi connectivity index (χ4n) is 5.09. The molecule has 1 amide bonds. The van der Waals surface area contributed by atoms with Crippen LogP contribution in [0, 0.1) is 0 Å². The number of rotatable bonds is 8. The van der Waals surface area contributed by atoms with Crippen molar-refractivity contribution in [1.82, 2.24) is 10.0 Å². The molecule has 0 fully saturated rings. The Morgan fingerprint density at radius 3 is 2.46 bits per heavy atom. The van der Waals surface area contributed by atoms with Gasteiger partial charge < -0.3 is 11.1 Å². The molecule has 1 unspecified atom stereocenters. The maximum Gasteiger partial charge on any atom is 0.241 e. The second kappa shape index (κ2) is 10.8. The Hall–Kier alpha value is -3.52. The van der Waals surface area contributed by atoms with Crippen molar-refractivity contribution in [2.45, 2.75) is 49.2 Å². The number of amides is 1. The molecule has 37 heavy (non-hydrogen) atoms. The molecular weight excluding hydrogens is 482 g/mol. The van der Waals surface area contributed by atoms with Crippen molar-refractivity contribution < 1.29 is 13.2 Å². The Kier molecular flexibility index (Phi) is 7.37. The van der Waals surface area contributed by atoms with E-state index in [-0.39, 0.29) is 23.3 Å². The lowest BCUT2D eigenvalue weighted by Gasteiger charge is -2.28. The highest BCUT2D eigenvalue weighted by Crippen LogP contribution is 2.31. The van der Waals surface area contributed by atoms with Gasteiger partial charge in [0.05, 0.1) is 17.0 Å². The van der Waals surface area contributed by atoms with Crippen LogP contribution in [-0.4, -0.2) is 14.3 Å². The largest absolute Gasteiger partial charge is 0.349 e. The Labute approximate surface area is 218 Å². The SMILES string of the molecule is NCc1ccc2c(c1)CCCC2NC(=O)C[C@@H](NS(=O)(=O)c1ccc2ccccc2c1)c1ccccc1. The molecule has 0 bridgehead atoms. The molecule has 5 rings (SSSR count). The molecule has 0 heterocycles. The van der Waals surface area contributed by atoms with Crippen LogP contribution in [0.5, 0.6) is 0 Å². The Balaban J connectivity index is 1.36. The third-order valence-corrected chi connectivity index (χ3v) is 8.48. The molecule has 4 aromatic carbocycles.